The highest BCUT2D eigenvalue weighted by atomic mass is 16.2. The molecule has 2 rings (SSSR count). The lowest BCUT2D eigenvalue weighted by Crippen LogP contribution is -2.32. The van der Waals surface area contributed by atoms with Crippen molar-refractivity contribution in [3.05, 3.63) is 35.4 Å². The Morgan fingerprint density at radius 1 is 1.32 bits per heavy atom. The number of nitrogens with zero attached hydrogens (tertiary/aromatic N) is 1. The van der Waals surface area contributed by atoms with Crippen LogP contribution >= 0.6 is 0 Å². The maximum atomic E-state index is 12.2. The lowest BCUT2D eigenvalue weighted by atomic mass is 9.99. The summed E-state index contributed by atoms with van der Waals surface area (Å²) in [5.74, 6) is 0.593. The van der Waals surface area contributed by atoms with Gasteiger partial charge in [0.1, 0.15) is 0 Å². The van der Waals surface area contributed by atoms with Crippen molar-refractivity contribution in [1.82, 2.24) is 4.90 Å². The molecule has 0 saturated heterocycles. The van der Waals surface area contributed by atoms with Gasteiger partial charge in [-0.15, -0.1) is 0 Å². The molecule has 0 bridgehead atoms. The largest absolute Gasteiger partial charge is 0.341 e. The van der Waals surface area contributed by atoms with Crippen LogP contribution in [0.25, 0.3) is 0 Å². The summed E-state index contributed by atoms with van der Waals surface area (Å²) < 4.78 is 0. The smallest absolute Gasteiger partial charge is 0.222 e. The number of rotatable bonds is 4. The molecule has 2 atom stereocenters. The third-order valence-electron chi connectivity index (χ3n) is 4.12. The third kappa shape index (κ3) is 3.80. The Bertz CT molecular complexity index is 427. The predicted molar refractivity (Wildman–Crippen MR) is 77.6 cm³/mol. The molecule has 1 aliphatic rings. The fourth-order valence-electron chi connectivity index (χ4n) is 2.75. The Labute approximate surface area is 115 Å². The van der Waals surface area contributed by atoms with Crippen LogP contribution in [0.15, 0.2) is 24.3 Å². The molecule has 1 aromatic carbocycles. The molecule has 3 heteroatoms. The molecule has 3 nitrogen and oxygen atoms in total. The molecule has 2 N–H and O–H groups in total. The maximum Gasteiger partial charge on any atom is 0.222 e. The van der Waals surface area contributed by atoms with Gasteiger partial charge in [-0.05, 0) is 31.2 Å². The molecule has 0 spiro atoms. The van der Waals surface area contributed by atoms with Crippen LogP contribution in [-0.4, -0.2) is 23.9 Å². The summed E-state index contributed by atoms with van der Waals surface area (Å²) >= 11 is 0. The highest BCUT2D eigenvalue weighted by Crippen LogP contribution is 2.27. The Balaban J connectivity index is 1.86. The average Bonchev–Trinajstić information content (AvgIpc) is 2.78. The van der Waals surface area contributed by atoms with E-state index < -0.39 is 0 Å². The highest BCUT2D eigenvalue weighted by Gasteiger charge is 2.27. The quantitative estimate of drug-likeness (QED) is 0.904. The van der Waals surface area contributed by atoms with E-state index in [1.807, 2.05) is 11.9 Å². The van der Waals surface area contributed by atoms with Crippen molar-refractivity contribution in [2.24, 2.45) is 11.7 Å². The van der Waals surface area contributed by atoms with Gasteiger partial charge in [-0.1, -0.05) is 36.2 Å². The van der Waals surface area contributed by atoms with Gasteiger partial charge in [0, 0.05) is 26.1 Å². The normalized spacial score (nSPS) is 22.5. The molecule has 1 aromatic rings. The van der Waals surface area contributed by atoms with Gasteiger partial charge in [-0.25, -0.2) is 0 Å². The molecule has 0 heterocycles. The number of aryl methyl sites for hydroxylation is 1. The molecule has 0 unspecified atom stereocenters. The van der Waals surface area contributed by atoms with E-state index >= 15 is 0 Å². The summed E-state index contributed by atoms with van der Waals surface area (Å²) in [4.78, 5) is 14.0. The van der Waals surface area contributed by atoms with Gasteiger partial charge in [0.05, 0.1) is 0 Å². The predicted octanol–water partition coefficient (Wildman–Crippen LogP) is 2.47. The van der Waals surface area contributed by atoms with Gasteiger partial charge >= 0.3 is 0 Å². The van der Waals surface area contributed by atoms with E-state index in [-0.39, 0.29) is 11.9 Å². The van der Waals surface area contributed by atoms with Gasteiger partial charge in [-0.3, -0.25) is 4.79 Å². The van der Waals surface area contributed by atoms with E-state index in [1.54, 1.807) is 0 Å². The molecule has 1 saturated carbocycles. The van der Waals surface area contributed by atoms with E-state index in [4.69, 9.17) is 5.73 Å². The molecule has 19 heavy (non-hydrogen) atoms. The molecule has 104 valence electrons. The van der Waals surface area contributed by atoms with E-state index in [0.717, 1.165) is 12.8 Å². The number of hydrogen-bond donors (Lipinski definition) is 1. The number of nitrogens with two attached hydrogens (primary N) is 1. The first-order valence-corrected chi connectivity index (χ1v) is 7.11. The molecule has 0 radical (unpaired) electrons. The molecule has 1 fully saturated rings. The fourth-order valence-corrected chi connectivity index (χ4v) is 2.75. The molecular formula is C16H24N2O. The van der Waals surface area contributed by atoms with Crippen LogP contribution in [0, 0.1) is 12.8 Å². The van der Waals surface area contributed by atoms with Crippen LogP contribution in [0.2, 0.25) is 0 Å². The topological polar surface area (TPSA) is 46.3 Å². The van der Waals surface area contributed by atoms with Crippen LogP contribution < -0.4 is 5.73 Å². The summed E-state index contributed by atoms with van der Waals surface area (Å²) in [5.41, 5.74) is 8.45. The first-order valence-electron chi connectivity index (χ1n) is 7.11. The number of amides is 1. The van der Waals surface area contributed by atoms with Crippen LogP contribution in [0.1, 0.15) is 36.8 Å². The summed E-state index contributed by atoms with van der Waals surface area (Å²) in [6, 6.07) is 8.55. The van der Waals surface area contributed by atoms with Gasteiger partial charge < -0.3 is 10.6 Å². The average molecular weight is 260 g/mol. The second kappa shape index (κ2) is 6.20. The molecule has 1 amide bonds. The lowest BCUT2D eigenvalue weighted by Gasteiger charge is -2.21. The van der Waals surface area contributed by atoms with Gasteiger partial charge in [0.2, 0.25) is 5.91 Å². The lowest BCUT2D eigenvalue weighted by molar-refractivity contribution is -0.131. The summed E-state index contributed by atoms with van der Waals surface area (Å²) in [6.07, 6.45) is 3.94. The van der Waals surface area contributed by atoms with Crippen molar-refractivity contribution < 1.29 is 4.79 Å². The number of hydrogen-bond acceptors (Lipinski definition) is 2. The molecule has 0 aromatic heterocycles. The minimum Gasteiger partial charge on any atom is -0.341 e. The van der Waals surface area contributed by atoms with Crippen LogP contribution in [0.4, 0.5) is 0 Å². The number of benzene rings is 1. The fraction of sp³-hybridized carbons (Fsp3) is 0.562. The molecule has 0 aliphatic heterocycles. The van der Waals surface area contributed by atoms with Gasteiger partial charge in [0.15, 0.2) is 0 Å². The van der Waals surface area contributed by atoms with E-state index in [1.165, 1.54) is 17.5 Å². The zero-order chi connectivity index (χ0) is 13.8. The Morgan fingerprint density at radius 2 is 2.00 bits per heavy atom. The van der Waals surface area contributed by atoms with Crippen LogP contribution in [-0.2, 0) is 11.3 Å². The van der Waals surface area contributed by atoms with Crippen molar-refractivity contribution in [3.8, 4) is 0 Å². The van der Waals surface area contributed by atoms with E-state index in [2.05, 4.69) is 31.2 Å². The summed E-state index contributed by atoms with van der Waals surface area (Å²) in [6.45, 7) is 2.75. The zero-order valence-corrected chi connectivity index (χ0v) is 11.9. The van der Waals surface area contributed by atoms with Crippen molar-refractivity contribution in [3.63, 3.8) is 0 Å². The summed E-state index contributed by atoms with van der Waals surface area (Å²) in [5, 5.41) is 0. The first-order chi connectivity index (χ1) is 9.06. The van der Waals surface area contributed by atoms with Gasteiger partial charge in [-0.2, -0.15) is 0 Å². The minimum absolute atomic E-state index is 0.211. The third-order valence-corrected chi connectivity index (χ3v) is 4.12. The van der Waals surface area contributed by atoms with Crippen molar-refractivity contribution >= 4 is 5.91 Å². The molecule has 1 aliphatic carbocycles. The second-order valence-corrected chi connectivity index (χ2v) is 5.79. The van der Waals surface area contributed by atoms with Gasteiger partial charge in [0.25, 0.3) is 0 Å². The van der Waals surface area contributed by atoms with Crippen molar-refractivity contribution in [2.75, 3.05) is 7.05 Å². The Hall–Kier alpha value is -1.35. The standard InChI is InChI=1S/C16H24N2O/c1-12-6-8-13(9-7-12)11-18(2)16(19)10-14-4-3-5-15(14)17/h6-9,14-15H,3-5,10-11,17H2,1-2H3/t14-,15+/m0/s1. The Kier molecular flexibility index (Phi) is 4.59. The first kappa shape index (κ1) is 14.1. The van der Waals surface area contributed by atoms with Crippen molar-refractivity contribution in [2.45, 2.75) is 45.2 Å². The zero-order valence-electron chi connectivity index (χ0n) is 11.9. The SMILES string of the molecule is Cc1ccc(CN(C)C(=O)C[C@@H]2CCC[C@H]2N)cc1. The van der Waals surface area contributed by atoms with Crippen molar-refractivity contribution in [1.29, 1.82) is 0 Å². The number of carbonyl (C=O) groups is 1. The minimum atomic E-state index is 0.211. The monoisotopic (exact) mass is 260 g/mol. The number of carbonyl (C=O) groups excluding carboxylic acids is 1. The molecular weight excluding hydrogens is 236 g/mol. The van der Waals surface area contributed by atoms with E-state index in [9.17, 15) is 4.79 Å². The Morgan fingerprint density at radius 3 is 2.58 bits per heavy atom. The highest BCUT2D eigenvalue weighted by molar-refractivity contribution is 5.76. The van der Waals surface area contributed by atoms with Crippen LogP contribution in [0.5, 0.6) is 0 Å². The maximum absolute atomic E-state index is 12.2. The summed E-state index contributed by atoms with van der Waals surface area (Å²) in [7, 11) is 1.88. The van der Waals surface area contributed by atoms with E-state index in [0.29, 0.717) is 18.9 Å². The second-order valence-electron chi connectivity index (χ2n) is 5.79. The van der Waals surface area contributed by atoms with Crippen LogP contribution in [0.3, 0.4) is 0 Å².